The maximum Gasteiger partial charge on any atom is 0.278 e. The van der Waals surface area contributed by atoms with Gasteiger partial charge in [-0.3, -0.25) is 14.5 Å². The Bertz CT molecular complexity index is 832. The quantitative estimate of drug-likeness (QED) is 0.653. The Labute approximate surface area is 185 Å². The van der Waals surface area contributed by atoms with Crippen LogP contribution in [0.25, 0.3) is 5.57 Å². The molecule has 1 aromatic carbocycles. The van der Waals surface area contributed by atoms with E-state index in [0.717, 1.165) is 69.7 Å². The van der Waals surface area contributed by atoms with Crippen LogP contribution in [0, 0.1) is 0 Å². The molecule has 31 heavy (non-hydrogen) atoms. The summed E-state index contributed by atoms with van der Waals surface area (Å²) in [7, 11) is 0. The summed E-state index contributed by atoms with van der Waals surface area (Å²) in [5, 5.41) is 0. The Morgan fingerprint density at radius 2 is 1.58 bits per heavy atom. The summed E-state index contributed by atoms with van der Waals surface area (Å²) < 4.78 is 5.77. The lowest BCUT2D eigenvalue weighted by Gasteiger charge is -2.36. The number of benzene rings is 1. The third-order valence-electron chi connectivity index (χ3n) is 6.68. The lowest BCUT2D eigenvalue weighted by Crippen LogP contribution is -2.48. The van der Waals surface area contributed by atoms with Crippen molar-refractivity contribution in [2.45, 2.75) is 65.0 Å². The van der Waals surface area contributed by atoms with E-state index in [2.05, 4.69) is 16.7 Å². The summed E-state index contributed by atoms with van der Waals surface area (Å²) in [6, 6.07) is 7.67. The van der Waals surface area contributed by atoms with Gasteiger partial charge in [-0.15, -0.1) is 0 Å². The van der Waals surface area contributed by atoms with E-state index in [1.54, 1.807) is 4.90 Å². The van der Waals surface area contributed by atoms with E-state index >= 15 is 0 Å². The fraction of sp³-hybridized carbons (Fsp3) is 0.600. The van der Waals surface area contributed by atoms with Gasteiger partial charge < -0.3 is 14.5 Å². The summed E-state index contributed by atoms with van der Waals surface area (Å²) in [6.45, 7) is 10.5. The number of piperazine rings is 1. The van der Waals surface area contributed by atoms with Gasteiger partial charge in [-0.1, -0.05) is 38.3 Å². The van der Waals surface area contributed by atoms with Crippen LogP contribution in [-0.4, -0.2) is 71.4 Å². The minimum Gasteiger partial charge on any atom is -0.491 e. The molecule has 0 bridgehead atoms. The average Bonchev–Trinajstić information content (AvgIpc) is 3.04. The fourth-order valence-corrected chi connectivity index (χ4v) is 5.02. The van der Waals surface area contributed by atoms with Gasteiger partial charge in [0.1, 0.15) is 11.4 Å². The molecule has 6 nitrogen and oxygen atoms in total. The Morgan fingerprint density at radius 3 is 2.16 bits per heavy atom. The Morgan fingerprint density at radius 1 is 0.935 bits per heavy atom. The highest BCUT2D eigenvalue weighted by atomic mass is 16.5. The van der Waals surface area contributed by atoms with E-state index in [4.69, 9.17) is 4.74 Å². The molecule has 6 heteroatoms. The molecular weight excluding hydrogens is 390 g/mol. The molecule has 0 spiro atoms. The summed E-state index contributed by atoms with van der Waals surface area (Å²) >= 11 is 0. The van der Waals surface area contributed by atoms with Gasteiger partial charge in [0.15, 0.2) is 0 Å². The van der Waals surface area contributed by atoms with Crippen molar-refractivity contribution < 1.29 is 14.3 Å². The second-order valence-electron chi connectivity index (χ2n) is 9.11. The topological polar surface area (TPSA) is 53.1 Å². The molecule has 1 saturated heterocycles. The predicted octanol–water partition coefficient (Wildman–Crippen LogP) is 3.52. The average molecular weight is 426 g/mol. The zero-order chi connectivity index (χ0) is 22.0. The maximum absolute atomic E-state index is 13.6. The van der Waals surface area contributed by atoms with E-state index < -0.39 is 0 Å². The number of carbonyl (C=O) groups excluding carboxylic acids is 2. The number of carbonyl (C=O) groups is 2. The van der Waals surface area contributed by atoms with E-state index in [1.165, 1.54) is 6.42 Å². The van der Waals surface area contributed by atoms with Crippen LogP contribution in [0.3, 0.4) is 0 Å². The first-order chi connectivity index (χ1) is 15.0. The molecular formula is C25H35N3O3. The fourth-order valence-electron chi connectivity index (χ4n) is 5.02. The first-order valence-electron chi connectivity index (χ1n) is 11.9. The van der Waals surface area contributed by atoms with Crippen LogP contribution >= 0.6 is 0 Å². The van der Waals surface area contributed by atoms with Gasteiger partial charge in [-0.2, -0.15) is 0 Å². The molecule has 3 aliphatic rings. The van der Waals surface area contributed by atoms with Crippen molar-refractivity contribution in [3.05, 3.63) is 35.5 Å². The standard InChI is InChI=1S/C25H35N3O3/c1-4-26-14-16-27(17-15-26)23-22(19-10-12-21(13-11-19)31-18(2)3)24(29)28(25(23)30)20-8-6-5-7-9-20/h10-13,18,20H,4-9,14-17H2,1-3H3. The van der Waals surface area contributed by atoms with E-state index in [0.29, 0.717) is 11.3 Å². The molecule has 4 rings (SSSR count). The van der Waals surface area contributed by atoms with Crippen molar-refractivity contribution >= 4 is 17.4 Å². The number of hydrogen-bond acceptors (Lipinski definition) is 5. The van der Waals surface area contributed by atoms with E-state index in [9.17, 15) is 9.59 Å². The van der Waals surface area contributed by atoms with Gasteiger partial charge in [0.2, 0.25) is 0 Å². The van der Waals surface area contributed by atoms with Crippen molar-refractivity contribution in [2.24, 2.45) is 0 Å². The number of amides is 2. The molecule has 1 saturated carbocycles. The number of likely N-dealkylation sites (N-methyl/N-ethyl adjacent to an activating group) is 1. The molecule has 2 aliphatic heterocycles. The van der Waals surface area contributed by atoms with Crippen LogP contribution in [0.2, 0.25) is 0 Å². The normalized spacial score (nSPS) is 21.5. The predicted molar refractivity (Wildman–Crippen MR) is 122 cm³/mol. The van der Waals surface area contributed by atoms with Gasteiger partial charge in [0.25, 0.3) is 11.8 Å². The van der Waals surface area contributed by atoms with Crippen LogP contribution in [0.5, 0.6) is 5.75 Å². The zero-order valence-corrected chi connectivity index (χ0v) is 19.1. The maximum atomic E-state index is 13.6. The summed E-state index contributed by atoms with van der Waals surface area (Å²) in [4.78, 5) is 33.4. The van der Waals surface area contributed by atoms with Crippen LogP contribution in [0.1, 0.15) is 58.4 Å². The molecule has 0 N–H and O–H groups in total. The molecule has 1 aliphatic carbocycles. The SMILES string of the molecule is CCN1CCN(C2=C(c3ccc(OC(C)C)cc3)C(=O)N(C3CCCCC3)C2=O)CC1. The third kappa shape index (κ3) is 4.49. The van der Waals surface area contributed by atoms with Crippen molar-refractivity contribution in [1.29, 1.82) is 0 Å². The first-order valence-corrected chi connectivity index (χ1v) is 11.9. The third-order valence-corrected chi connectivity index (χ3v) is 6.68. The Balaban J connectivity index is 1.67. The van der Waals surface area contributed by atoms with Gasteiger partial charge >= 0.3 is 0 Å². The van der Waals surface area contributed by atoms with Crippen molar-refractivity contribution in [3.8, 4) is 5.75 Å². The van der Waals surface area contributed by atoms with Crippen molar-refractivity contribution in [1.82, 2.24) is 14.7 Å². The smallest absolute Gasteiger partial charge is 0.278 e. The molecule has 2 amide bonds. The first kappa shape index (κ1) is 21.9. The molecule has 0 aromatic heterocycles. The highest BCUT2D eigenvalue weighted by molar-refractivity contribution is 6.35. The molecule has 0 atom stereocenters. The zero-order valence-electron chi connectivity index (χ0n) is 19.1. The monoisotopic (exact) mass is 425 g/mol. The number of imide groups is 1. The van der Waals surface area contributed by atoms with E-state index in [1.807, 2.05) is 38.1 Å². The minimum atomic E-state index is -0.123. The van der Waals surface area contributed by atoms with Gasteiger partial charge in [0, 0.05) is 32.2 Å². The van der Waals surface area contributed by atoms with Gasteiger partial charge in [0.05, 0.1) is 11.7 Å². The number of rotatable bonds is 6. The molecule has 0 radical (unpaired) electrons. The van der Waals surface area contributed by atoms with E-state index in [-0.39, 0.29) is 24.0 Å². The van der Waals surface area contributed by atoms with Crippen molar-refractivity contribution in [3.63, 3.8) is 0 Å². The largest absolute Gasteiger partial charge is 0.491 e. The minimum absolute atomic E-state index is 0.0294. The highest BCUT2D eigenvalue weighted by Gasteiger charge is 2.45. The number of hydrogen-bond donors (Lipinski definition) is 0. The summed E-state index contributed by atoms with van der Waals surface area (Å²) in [5.41, 5.74) is 1.97. The van der Waals surface area contributed by atoms with Crippen LogP contribution < -0.4 is 4.74 Å². The molecule has 1 aromatic rings. The molecule has 2 heterocycles. The van der Waals surface area contributed by atoms with Gasteiger partial charge in [-0.25, -0.2) is 0 Å². The lowest BCUT2D eigenvalue weighted by molar-refractivity contribution is -0.141. The number of nitrogens with zero attached hydrogens (tertiary/aromatic N) is 3. The van der Waals surface area contributed by atoms with Crippen LogP contribution in [0.15, 0.2) is 30.0 Å². The van der Waals surface area contributed by atoms with Crippen LogP contribution in [-0.2, 0) is 9.59 Å². The second kappa shape index (κ2) is 9.43. The Kier molecular flexibility index (Phi) is 6.65. The van der Waals surface area contributed by atoms with Crippen molar-refractivity contribution in [2.75, 3.05) is 32.7 Å². The Hall–Kier alpha value is -2.34. The lowest BCUT2D eigenvalue weighted by atomic mass is 9.94. The molecule has 2 fully saturated rings. The second-order valence-corrected chi connectivity index (χ2v) is 9.11. The number of ether oxygens (including phenoxy) is 1. The molecule has 0 unspecified atom stereocenters. The van der Waals surface area contributed by atoms with Crippen LogP contribution in [0.4, 0.5) is 0 Å². The molecule has 168 valence electrons. The van der Waals surface area contributed by atoms with Gasteiger partial charge in [-0.05, 0) is 50.9 Å². The summed E-state index contributed by atoms with van der Waals surface area (Å²) in [5.74, 6) is 0.556. The summed E-state index contributed by atoms with van der Waals surface area (Å²) in [6.07, 6.45) is 5.29. The highest BCUT2D eigenvalue weighted by Crippen LogP contribution is 2.37.